The summed E-state index contributed by atoms with van der Waals surface area (Å²) >= 11 is 0. The van der Waals surface area contributed by atoms with Gasteiger partial charge in [0.2, 0.25) is 15.7 Å². The number of rotatable bonds is 4. The van der Waals surface area contributed by atoms with Crippen molar-refractivity contribution in [3.63, 3.8) is 0 Å². The lowest BCUT2D eigenvalue weighted by Gasteiger charge is -2.31. The van der Waals surface area contributed by atoms with Crippen LogP contribution >= 0.6 is 0 Å². The second kappa shape index (κ2) is 7.67. The number of carbonyl (C=O) groups is 1. The predicted octanol–water partition coefficient (Wildman–Crippen LogP) is 4.04. The highest BCUT2D eigenvalue weighted by atomic mass is 32.2. The van der Waals surface area contributed by atoms with E-state index in [9.17, 15) is 13.2 Å². The summed E-state index contributed by atoms with van der Waals surface area (Å²) in [6, 6.07) is 14.2. The minimum atomic E-state index is -3.68. The van der Waals surface area contributed by atoms with Gasteiger partial charge in [0.25, 0.3) is 0 Å². The lowest BCUT2D eigenvalue weighted by atomic mass is 10.0. The number of likely N-dealkylation sites (tertiary alicyclic amines) is 1. The Balaban J connectivity index is 1.72. The first-order valence-corrected chi connectivity index (χ1v) is 11.5. The zero-order chi connectivity index (χ0) is 20.6. The molecule has 152 valence electrons. The Morgan fingerprint density at radius 1 is 1.10 bits per heavy atom. The molecule has 29 heavy (non-hydrogen) atoms. The molecule has 0 radical (unpaired) electrons. The largest absolute Gasteiger partial charge is 0.341 e. The molecule has 2 heterocycles. The molecule has 6 heteroatoms. The van der Waals surface area contributed by atoms with Gasteiger partial charge in [0.15, 0.2) is 0 Å². The highest BCUT2D eigenvalue weighted by Crippen LogP contribution is 2.30. The summed E-state index contributed by atoms with van der Waals surface area (Å²) in [4.78, 5) is 15.3. The number of fused-ring (bicyclic) bond motifs is 1. The van der Waals surface area contributed by atoms with E-state index in [1.807, 2.05) is 30.0 Å². The van der Waals surface area contributed by atoms with Crippen LogP contribution in [-0.4, -0.2) is 36.9 Å². The predicted molar refractivity (Wildman–Crippen MR) is 114 cm³/mol. The summed E-state index contributed by atoms with van der Waals surface area (Å²) in [5.74, 6) is 0.545. The normalized spacial score (nSPS) is 17.6. The SMILES string of the molecule is Cc1ccc(S(=O)(=O)c2cn(CC(=O)N3CCCC(C)C3)c3ccccc23)cc1. The van der Waals surface area contributed by atoms with E-state index >= 15 is 0 Å². The molecule has 3 aromatic rings. The van der Waals surface area contributed by atoms with Crippen molar-refractivity contribution >= 4 is 26.6 Å². The van der Waals surface area contributed by atoms with E-state index in [1.165, 1.54) is 0 Å². The molecule has 1 saturated heterocycles. The molecule has 1 fully saturated rings. The van der Waals surface area contributed by atoms with Gasteiger partial charge in [0.1, 0.15) is 6.54 Å². The minimum Gasteiger partial charge on any atom is -0.341 e. The topological polar surface area (TPSA) is 59.4 Å². The van der Waals surface area contributed by atoms with Crippen molar-refractivity contribution in [3.8, 4) is 0 Å². The number of piperidine rings is 1. The van der Waals surface area contributed by atoms with Gasteiger partial charge in [0, 0.05) is 30.2 Å². The molecule has 4 rings (SSSR count). The zero-order valence-electron chi connectivity index (χ0n) is 16.8. The molecule has 0 spiro atoms. The van der Waals surface area contributed by atoms with Crippen LogP contribution in [0.15, 0.2) is 64.5 Å². The van der Waals surface area contributed by atoms with Crippen LogP contribution in [-0.2, 0) is 21.2 Å². The van der Waals surface area contributed by atoms with E-state index in [4.69, 9.17) is 0 Å². The van der Waals surface area contributed by atoms with Crippen molar-refractivity contribution < 1.29 is 13.2 Å². The smallest absolute Gasteiger partial charge is 0.242 e. The Morgan fingerprint density at radius 3 is 2.55 bits per heavy atom. The molecule has 0 N–H and O–H groups in total. The summed E-state index contributed by atoms with van der Waals surface area (Å²) in [5.41, 5.74) is 1.77. The third-order valence-corrected chi connectivity index (χ3v) is 7.49. The second-order valence-electron chi connectivity index (χ2n) is 8.04. The number of carbonyl (C=O) groups excluding carboxylic acids is 1. The van der Waals surface area contributed by atoms with E-state index in [0.717, 1.165) is 37.0 Å². The first-order chi connectivity index (χ1) is 13.9. The molecular formula is C23H26N2O3S. The number of aromatic nitrogens is 1. The van der Waals surface area contributed by atoms with E-state index < -0.39 is 9.84 Å². The van der Waals surface area contributed by atoms with E-state index in [-0.39, 0.29) is 22.2 Å². The molecule has 1 unspecified atom stereocenters. The molecule has 0 saturated carbocycles. The van der Waals surface area contributed by atoms with Crippen molar-refractivity contribution in [1.82, 2.24) is 9.47 Å². The number of amides is 1. The molecule has 1 amide bonds. The molecule has 0 bridgehead atoms. The average Bonchev–Trinajstić information content (AvgIpc) is 3.08. The van der Waals surface area contributed by atoms with Gasteiger partial charge in [-0.15, -0.1) is 0 Å². The van der Waals surface area contributed by atoms with E-state index in [1.54, 1.807) is 41.1 Å². The van der Waals surface area contributed by atoms with Crippen LogP contribution < -0.4 is 0 Å². The number of sulfone groups is 1. The fourth-order valence-corrected chi connectivity index (χ4v) is 5.54. The maximum Gasteiger partial charge on any atom is 0.242 e. The molecule has 0 aliphatic carbocycles. The fourth-order valence-electron chi connectivity index (χ4n) is 4.06. The highest BCUT2D eigenvalue weighted by molar-refractivity contribution is 7.91. The third kappa shape index (κ3) is 3.81. The summed E-state index contributed by atoms with van der Waals surface area (Å²) in [6.45, 7) is 5.78. The molecule has 1 aliphatic heterocycles. The van der Waals surface area contributed by atoms with Crippen molar-refractivity contribution in [3.05, 3.63) is 60.3 Å². The first kappa shape index (κ1) is 19.7. The Bertz CT molecular complexity index is 1150. The molecule has 1 aromatic heterocycles. The molecular weight excluding hydrogens is 384 g/mol. The maximum absolute atomic E-state index is 13.3. The van der Waals surface area contributed by atoms with Gasteiger partial charge in [0.05, 0.1) is 9.79 Å². The zero-order valence-corrected chi connectivity index (χ0v) is 17.7. The number of benzene rings is 2. The molecule has 1 atom stereocenters. The number of nitrogens with zero attached hydrogens (tertiary/aromatic N) is 2. The number of hydrogen-bond donors (Lipinski definition) is 0. The van der Waals surface area contributed by atoms with Gasteiger partial charge in [-0.3, -0.25) is 4.79 Å². The maximum atomic E-state index is 13.3. The van der Waals surface area contributed by atoms with Crippen molar-refractivity contribution in [2.75, 3.05) is 13.1 Å². The second-order valence-corrected chi connectivity index (χ2v) is 9.96. The van der Waals surface area contributed by atoms with Crippen LogP contribution in [0.25, 0.3) is 10.9 Å². The van der Waals surface area contributed by atoms with Crippen molar-refractivity contribution in [2.45, 2.75) is 43.0 Å². The Hall–Kier alpha value is -2.60. The summed E-state index contributed by atoms with van der Waals surface area (Å²) in [6.07, 6.45) is 3.78. The first-order valence-electron chi connectivity index (χ1n) is 10.0. The Kier molecular flexibility index (Phi) is 5.21. The van der Waals surface area contributed by atoms with Gasteiger partial charge < -0.3 is 9.47 Å². The number of para-hydroxylation sites is 1. The van der Waals surface area contributed by atoms with Gasteiger partial charge in [-0.1, -0.05) is 42.8 Å². The third-order valence-electron chi connectivity index (χ3n) is 5.69. The van der Waals surface area contributed by atoms with Gasteiger partial charge in [-0.2, -0.15) is 0 Å². The van der Waals surface area contributed by atoms with Crippen LogP contribution in [0, 0.1) is 12.8 Å². The Labute approximate surface area is 171 Å². The number of hydrogen-bond acceptors (Lipinski definition) is 3. The average molecular weight is 411 g/mol. The van der Waals surface area contributed by atoms with Crippen molar-refractivity contribution in [1.29, 1.82) is 0 Å². The Morgan fingerprint density at radius 2 is 1.83 bits per heavy atom. The lowest BCUT2D eigenvalue weighted by molar-refractivity contribution is -0.133. The fraction of sp³-hybridized carbons (Fsp3) is 0.348. The quantitative estimate of drug-likeness (QED) is 0.652. The summed E-state index contributed by atoms with van der Waals surface area (Å²) in [7, 11) is -3.68. The van der Waals surface area contributed by atoms with Crippen LogP contribution in [0.1, 0.15) is 25.3 Å². The minimum absolute atomic E-state index is 0.0385. The monoisotopic (exact) mass is 410 g/mol. The summed E-state index contributed by atoms with van der Waals surface area (Å²) in [5, 5.41) is 0.646. The molecule has 1 aliphatic rings. The summed E-state index contributed by atoms with van der Waals surface area (Å²) < 4.78 is 28.4. The van der Waals surface area contributed by atoms with Crippen LogP contribution in [0.3, 0.4) is 0 Å². The molecule has 2 aromatic carbocycles. The van der Waals surface area contributed by atoms with Crippen LogP contribution in [0.4, 0.5) is 0 Å². The van der Waals surface area contributed by atoms with Crippen molar-refractivity contribution in [2.24, 2.45) is 5.92 Å². The van der Waals surface area contributed by atoms with Crippen LogP contribution in [0.5, 0.6) is 0 Å². The standard InChI is InChI=1S/C23H26N2O3S/c1-17-9-11-19(12-10-17)29(27,28)22-15-25(21-8-4-3-7-20(21)22)16-23(26)24-13-5-6-18(2)14-24/h3-4,7-12,15,18H,5-6,13-14,16H2,1-2H3. The molecule has 5 nitrogen and oxygen atoms in total. The highest BCUT2D eigenvalue weighted by Gasteiger charge is 2.25. The van der Waals surface area contributed by atoms with Crippen LogP contribution in [0.2, 0.25) is 0 Å². The van der Waals surface area contributed by atoms with Gasteiger partial charge in [-0.25, -0.2) is 8.42 Å². The van der Waals surface area contributed by atoms with E-state index in [0.29, 0.717) is 11.3 Å². The van der Waals surface area contributed by atoms with Gasteiger partial charge in [-0.05, 0) is 43.9 Å². The number of aryl methyl sites for hydroxylation is 1. The van der Waals surface area contributed by atoms with Gasteiger partial charge >= 0.3 is 0 Å². The lowest BCUT2D eigenvalue weighted by Crippen LogP contribution is -2.40. The van der Waals surface area contributed by atoms with E-state index in [2.05, 4.69) is 6.92 Å².